The van der Waals surface area contributed by atoms with Gasteiger partial charge in [0.15, 0.2) is 19.3 Å². The van der Waals surface area contributed by atoms with Crippen LogP contribution in [0, 0.1) is 10.7 Å². The van der Waals surface area contributed by atoms with Gasteiger partial charge in [-0.25, -0.2) is 4.39 Å². The van der Waals surface area contributed by atoms with Crippen LogP contribution in [0.3, 0.4) is 0 Å². The molecule has 0 unspecified atom stereocenters. The summed E-state index contributed by atoms with van der Waals surface area (Å²) < 4.78 is 29.4. The molecule has 1 aromatic rings. The summed E-state index contributed by atoms with van der Waals surface area (Å²) in [5.41, 5.74) is -0.295. The number of alkyl halides is 1. The molecule has 25 heavy (non-hydrogen) atoms. The highest BCUT2D eigenvalue weighted by Gasteiger charge is 2.56. The van der Waals surface area contributed by atoms with Crippen molar-refractivity contribution in [1.82, 2.24) is 9.55 Å². The molecular formula is C17H29FN2O3SSi. The van der Waals surface area contributed by atoms with Gasteiger partial charge >= 0.3 is 0 Å². The van der Waals surface area contributed by atoms with Crippen molar-refractivity contribution in [1.29, 1.82) is 0 Å². The van der Waals surface area contributed by atoms with Crippen molar-refractivity contribution in [3.8, 4) is 0 Å². The Morgan fingerprint density at radius 1 is 1.48 bits per heavy atom. The van der Waals surface area contributed by atoms with Gasteiger partial charge in [0.2, 0.25) is 5.85 Å². The van der Waals surface area contributed by atoms with E-state index in [-0.39, 0.29) is 21.8 Å². The predicted molar refractivity (Wildman–Crippen MR) is 101 cm³/mol. The third-order valence-corrected chi connectivity index (χ3v) is 10.4. The molecule has 1 aliphatic heterocycles. The highest BCUT2D eigenvalue weighted by molar-refractivity contribution is 7.71. The van der Waals surface area contributed by atoms with Crippen LogP contribution in [0.25, 0.3) is 0 Å². The number of rotatable bonds is 4. The molecule has 4 atom stereocenters. The molecule has 0 radical (unpaired) electrons. The molecule has 1 aromatic heterocycles. The van der Waals surface area contributed by atoms with Crippen LogP contribution in [0.2, 0.25) is 18.1 Å². The number of nitrogens with zero attached hydrogens (tertiary/aromatic N) is 1. The minimum Gasteiger partial charge on any atom is -0.409 e. The lowest BCUT2D eigenvalue weighted by molar-refractivity contribution is -0.172. The van der Waals surface area contributed by atoms with Crippen molar-refractivity contribution in [3.05, 3.63) is 27.4 Å². The predicted octanol–water partition coefficient (Wildman–Crippen LogP) is 4.54. The van der Waals surface area contributed by atoms with Crippen LogP contribution in [-0.4, -0.2) is 29.8 Å². The van der Waals surface area contributed by atoms with Crippen molar-refractivity contribution in [2.75, 3.05) is 0 Å². The Balaban J connectivity index is 2.48. The zero-order valence-corrected chi connectivity index (χ0v) is 17.9. The fourth-order valence-electron chi connectivity index (χ4n) is 2.79. The second-order valence-corrected chi connectivity index (χ2v) is 13.4. The van der Waals surface area contributed by atoms with Gasteiger partial charge in [-0.1, -0.05) is 34.6 Å². The maximum atomic E-state index is 15.3. The van der Waals surface area contributed by atoms with Gasteiger partial charge in [-0.15, -0.1) is 0 Å². The SMILES string of the molecule is CC[C@@]1(F)O[C@@H](n2ccc(=O)[nH]c2=S)[C@H](O[Si](C)(C)C(C)(C)C)[C@@H]1C. The Labute approximate surface area is 154 Å². The number of aromatic amines is 1. The number of halogens is 1. The Bertz CT molecular complexity index is 742. The van der Waals surface area contributed by atoms with Gasteiger partial charge in [-0.05, 0) is 30.4 Å². The quantitative estimate of drug-likeness (QED) is 0.608. The highest BCUT2D eigenvalue weighted by Crippen LogP contribution is 2.49. The van der Waals surface area contributed by atoms with Crippen LogP contribution in [0.4, 0.5) is 4.39 Å². The van der Waals surface area contributed by atoms with Gasteiger partial charge in [0.25, 0.3) is 5.56 Å². The van der Waals surface area contributed by atoms with E-state index in [1.54, 1.807) is 17.7 Å². The van der Waals surface area contributed by atoms with Crippen LogP contribution in [0.1, 0.15) is 47.3 Å². The molecule has 5 nitrogen and oxygen atoms in total. The molecule has 1 aliphatic rings. The van der Waals surface area contributed by atoms with Gasteiger partial charge < -0.3 is 9.16 Å². The monoisotopic (exact) mass is 388 g/mol. The number of H-pyrrole nitrogens is 1. The molecule has 142 valence electrons. The number of nitrogens with one attached hydrogen (secondary N) is 1. The minimum atomic E-state index is -2.16. The molecule has 1 fully saturated rings. The van der Waals surface area contributed by atoms with Crippen LogP contribution < -0.4 is 5.56 Å². The first-order chi connectivity index (χ1) is 11.3. The number of ether oxygens (including phenoxy) is 1. The Morgan fingerprint density at radius 3 is 2.56 bits per heavy atom. The molecular weight excluding hydrogens is 359 g/mol. The molecule has 0 aromatic carbocycles. The molecule has 0 bridgehead atoms. The largest absolute Gasteiger partial charge is 0.409 e. The number of aromatic nitrogens is 2. The molecule has 0 saturated carbocycles. The maximum Gasteiger partial charge on any atom is 0.251 e. The molecule has 1 N–H and O–H groups in total. The summed E-state index contributed by atoms with van der Waals surface area (Å²) in [6.07, 6.45) is 0.572. The normalized spacial score (nSPS) is 30.6. The lowest BCUT2D eigenvalue weighted by Crippen LogP contribution is -2.47. The third-order valence-electron chi connectivity index (χ3n) is 5.61. The summed E-state index contributed by atoms with van der Waals surface area (Å²) in [5.74, 6) is -2.24. The lowest BCUT2D eigenvalue weighted by Gasteiger charge is -2.40. The van der Waals surface area contributed by atoms with Crippen LogP contribution in [0.15, 0.2) is 17.1 Å². The highest BCUT2D eigenvalue weighted by atomic mass is 32.1. The van der Waals surface area contributed by atoms with E-state index in [4.69, 9.17) is 21.4 Å². The van der Waals surface area contributed by atoms with Crippen LogP contribution in [-0.2, 0) is 9.16 Å². The van der Waals surface area contributed by atoms with Crippen molar-refractivity contribution in [2.45, 2.75) is 77.4 Å². The van der Waals surface area contributed by atoms with Gasteiger partial charge in [-0.3, -0.25) is 14.3 Å². The van der Waals surface area contributed by atoms with E-state index >= 15 is 4.39 Å². The number of hydrogen-bond acceptors (Lipinski definition) is 4. The van der Waals surface area contributed by atoms with E-state index in [0.29, 0.717) is 0 Å². The van der Waals surface area contributed by atoms with Crippen LogP contribution in [0.5, 0.6) is 0 Å². The van der Waals surface area contributed by atoms with Crippen molar-refractivity contribution in [3.63, 3.8) is 0 Å². The Hall–Kier alpha value is -0.833. The topological polar surface area (TPSA) is 56.2 Å². The third kappa shape index (κ3) is 3.81. The summed E-state index contributed by atoms with van der Waals surface area (Å²) in [7, 11) is -2.16. The van der Waals surface area contributed by atoms with Gasteiger partial charge in [0, 0.05) is 24.6 Å². The minimum absolute atomic E-state index is 0.0164. The maximum absolute atomic E-state index is 15.3. The van der Waals surface area contributed by atoms with Gasteiger partial charge in [0.1, 0.15) is 0 Å². The van der Waals surface area contributed by atoms with E-state index in [1.165, 1.54) is 6.07 Å². The van der Waals surface area contributed by atoms with E-state index < -0.39 is 32.4 Å². The fourth-order valence-corrected chi connectivity index (χ4v) is 4.41. The lowest BCUT2D eigenvalue weighted by atomic mass is 9.96. The molecule has 1 saturated heterocycles. The van der Waals surface area contributed by atoms with Crippen molar-refractivity contribution >= 4 is 20.5 Å². The van der Waals surface area contributed by atoms with Crippen molar-refractivity contribution < 1.29 is 13.6 Å². The smallest absolute Gasteiger partial charge is 0.251 e. The second-order valence-electron chi connectivity index (χ2n) is 8.30. The fraction of sp³-hybridized carbons (Fsp3) is 0.765. The zero-order chi connectivity index (χ0) is 19.2. The number of hydrogen-bond donors (Lipinski definition) is 1. The average molecular weight is 389 g/mol. The first-order valence-electron chi connectivity index (χ1n) is 8.68. The molecule has 8 heteroatoms. The standard InChI is InChI=1S/C17H29FN2O3SSi/c1-8-17(18)11(2)13(23-25(6,7)16(3,4)5)14(22-17)20-10-9-12(21)19-15(20)24/h9-11,13-14H,8H2,1-7H3,(H,19,21,24)/t11-,13+,14+,17+/m0/s1. The summed E-state index contributed by atoms with van der Waals surface area (Å²) in [4.78, 5) is 14.0. The molecule has 2 heterocycles. The Morgan fingerprint density at radius 2 is 2.08 bits per heavy atom. The van der Waals surface area contributed by atoms with E-state index in [0.717, 1.165) is 0 Å². The first kappa shape index (κ1) is 20.5. The summed E-state index contributed by atoms with van der Waals surface area (Å²) >= 11 is 5.25. The van der Waals surface area contributed by atoms with Gasteiger partial charge in [0.05, 0.1) is 6.10 Å². The Kier molecular flexibility index (Phi) is 5.50. The van der Waals surface area contributed by atoms with Crippen LogP contribution >= 0.6 is 12.2 Å². The first-order valence-corrected chi connectivity index (χ1v) is 12.0. The molecule has 0 aliphatic carbocycles. The average Bonchev–Trinajstić information content (AvgIpc) is 2.71. The summed E-state index contributed by atoms with van der Waals surface area (Å²) in [6, 6.07) is 1.36. The van der Waals surface area contributed by atoms with E-state index in [2.05, 4.69) is 38.8 Å². The second kappa shape index (κ2) is 6.72. The van der Waals surface area contributed by atoms with Gasteiger partial charge in [-0.2, -0.15) is 0 Å². The summed E-state index contributed by atoms with van der Waals surface area (Å²) in [5, 5.41) is -0.0164. The molecule has 0 spiro atoms. The van der Waals surface area contributed by atoms with E-state index in [9.17, 15) is 4.79 Å². The van der Waals surface area contributed by atoms with E-state index in [1.807, 2.05) is 6.92 Å². The summed E-state index contributed by atoms with van der Waals surface area (Å²) in [6.45, 7) is 14.3. The van der Waals surface area contributed by atoms with Crippen molar-refractivity contribution in [2.24, 2.45) is 5.92 Å². The molecule has 0 amide bonds. The zero-order valence-electron chi connectivity index (χ0n) is 16.1. The molecule has 2 rings (SSSR count).